The number of hydrogen-bond acceptors (Lipinski definition) is 1. The highest BCUT2D eigenvalue weighted by atomic mass is 79.9. The summed E-state index contributed by atoms with van der Waals surface area (Å²) in [6.45, 7) is 3.89. The molecule has 0 aromatic rings. The van der Waals surface area contributed by atoms with Crippen LogP contribution >= 0.6 is 15.9 Å². The van der Waals surface area contributed by atoms with E-state index in [4.69, 9.17) is 5.26 Å². The minimum atomic E-state index is 0.703. The van der Waals surface area contributed by atoms with E-state index in [9.17, 15) is 0 Å². The quantitative estimate of drug-likeness (QED) is 0.496. The van der Waals surface area contributed by atoms with Crippen LogP contribution < -0.4 is 0 Å². The lowest BCUT2D eigenvalue weighted by atomic mass is 10.2. The molecule has 0 amide bonds. The molecule has 0 radical (unpaired) electrons. The van der Waals surface area contributed by atoms with Gasteiger partial charge < -0.3 is 0 Å². The molecule has 0 spiro atoms. The van der Waals surface area contributed by atoms with Crippen LogP contribution in [0.4, 0.5) is 0 Å². The van der Waals surface area contributed by atoms with E-state index in [0.29, 0.717) is 5.57 Å². The molecule has 0 bridgehead atoms. The summed E-state index contributed by atoms with van der Waals surface area (Å²) in [7, 11) is 0. The minimum Gasteiger partial charge on any atom is -0.192 e. The summed E-state index contributed by atoms with van der Waals surface area (Å²) >= 11 is 3.33. The van der Waals surface area contributed by atoms with Crippen LogP contribution in [0.15, 0.2) is 22.2 Å². The topological polar surface area (TPSA) is 23.8 Å². The molecule has 0 fully saturated rings. The Morgan fingerprint density at radius 2 is 2.30 bits per heavy atom. The SMILES string of the molecule is CC=C(C#N)C=C(Br)CC. The van der Waals surface area contributed by atoms with Gasteiger partial charge in [-0.05, 0) is 23.9 Å². The molecule has 0 saturated heterocycles. The highest BCUT2D eigenvalue weighted by Gasteiger charge is 1.89. The van der Waals surface area contributed by atoms with Crippen molar-refractivity contribution in [2.45, 2.75) is 20.3 Å². The van der Waals surface area contributed by atoms with Crippen LogP contribution in [0.25, 0.3) is 0 Å². The van der Waals surface area contributed by atoms with E-state index in [-0.39, 0.29) is 0 Å². The van der Waals surface area contributed by atoms with Gasteiger partial charge in [-0.15, -0.1) is 0 Å². The third kappa shape index (κ3) is 3.47. The Hall–Kier alpha value is -0.550. The Morgan fingerprint density at radius 3 is 2.60 bits per heavy atom. The first-order chi connectivity index (χ1) is 4.74. The molecular weight excluding hydrogens is 190 g/mol. The maximum Gasteiger partial charge on any atom is 0.0988 e. The largest absolute Gasteiger partial charge is 0.192 e. The number of nitrogens with zero attached hydrogens (tertiary/aromatic N) is 1. The Bertz CT molecular complexity index is 196. The van der Waals surface area contributed by atoms with E-state index in [0.717, 1.165) is 10.9 Å². The minimum absolute atomic E-state index is 0.703. The van der Waals surface area contributed by atoms with Gasteiger partial charge in [0, 0.05) is 5.57 Å². The van der Waals surface area contributed by atoms with E-state index in [1.54, 1.807) is 6.08 Å². The monoisotopic (exact) mass is 199 g/mol. The third-order valence-electron chi connectivity index (χ3n) is 1.09. The Kier molecular flexibility index (Phi) is 4.96. The summed E-state index contributed by atoms with van der Waals surface area (Å²) in [6, 6.07) is 2.07. The molecule has 0 saturated carbocycles. The second kappa shape index (κ2) is 5.25. The van der Waals surface area contributed by atoms with Gasteiger partial charge in [0.15, 0.2) is 0 Å². The fraction of sp³-hybridized carbons (Fsp3) is 0.375. The van der Waals surface area contributed by atoms with Crippen molar-refractivity contribution in [2.75, 3.05) is 0 Å². The molecule has 54 valence electrons. The van der Waals surface area contributed by atoms with Gasteiger partial charge in [-0.3, -0.25) is 0 Å². The lowest BCUT2D eigenvalue weighted by Gasteiger charge is -1.89. The van der Waals surface area contributed by atoms with Gasteiger partial charge in [-0.2, -0.15) is 5.26 Å². The summed E-state index contributed by atoms with van der Waals surface area (Å²) in [4.78, 5) is 0. The van der Waals surface area contributed by atoms with E-state index < -0.39 is 0 Å². The average Bonchev–Trinajstić information content (AvgIpc) is 1.99. The second-order valence-corrected chi connectivity index (χ2v) is 2.82. The van der Waals surface area contributed by atoms with E-state index in [1.165, 1.54) is 0 Å². The molecule has 0 aromatic heterocycles. The van der Waals surface area contributed by atoms with E-state index >= 15 is 0 Å². The first-order valence-electron chi connectivity index (χ1n) is 3.17. The van der Waals surface area contributed by atoms with Crippen molar-refractivity contribution < 1.29 is 0 Å². The molecule has 0 heterocycles. The predicted octanol–water partition coefficient (Wildman–Crippen LogP) is 3.15. The Balaban J connectivity index is 4.27. The van der Waals surface area contributed by atoms with Gasteiger partial charge >= 0.3 is 0 Å². The van der Waals surface area contributed by atoms with Crippen LogP contribution in [0.3, 0.4) is 0 Å². The molecule has 0 aromatic carbocycles. The maximum absolute atomic E-state index is 8.49. The van der Waals surface area contributed by atoms with Crippen molar-refractivity contribution in [3.05, 3.63) is 22.2 Å². The van der Waals surface area contributed by atoms with E-state index in [2.05, 4.69) is 22.0 Å². The van der Waals surface area contributed by atoms with Gasteiger partial charge in [-0.1, -0.05) is 28.9 Å². The molecule has 0 N–H and O–H groups in total. The van der Waals surface area contributed by atoms with Gasteiger partial charge in [0.2, 0.25) is 0 Å². The van der Waals surface area contributed by atoms with Gasteiger partial charge in [0.25, 0.3) is 0 Å². The van der Waals surface area contributed by atoms with Crippen LogP contribution in [0.2, 0.25) is 0 Å². The molecule has 0 aliphatic carbocycles. The first-order valence-corrected chi connectivity index (χ1v) is 3.96. The molecule has 10 heavy (non-hydrogen) atoms. The number of hydrogen-bond donors (Lipinski definition) is 0. The molecular formula is C8H10BrN. The molecule has 0 unspecified atom stereocenters. The van der Waals surface area contributed by atoms with Gasteiger partial charge in [0.1, 0.15) is 0 Å². The molecule has 1 nitrogen and oxygen atoms in total. The first kappa shape index (κ1) is 9.45. The standard InChI is InChI=1S/C8H10BrN/c1-3-7(6-10)5-8(9)4-2/h3,5H,4H2,1-2H3. The normalized spacial score (nSPS) is 13.0. The molecule has 2 heteroatoms. The van der Waals surface area contributed by atoms with Gasteiger partial charge in [0.05, 0.1) is 6.07 Å². The molecule has 0 aliphatic rings. The lowest BCUT2D eigenvalue weighted by Crippen LogP contribution is -1.72. The smallest absolute Gasteiger partial charge is 0.0988 e. The number of rotatable bonds is 2. The lowest BCUT2D eigenvalue weighted by molar-refractivity contribution is 1.20. The molecule has 0 atom stereocenters. The number of halogens is 1. The van der Waals surface area contributed by atoms with Crippen LogP contribution in [0, 0.1) is 11.3 Å². The van der Waals surface area contributed by atoms with Crippen LogP contribution in [-0.4, -0.2) is 0 Å². The average molecular weight is 200 g/mol. The summed E-state index contributed by atoms with van der Waals surface area (Å²) in [6.07, 6.45) is 4.55. The van der Waals surface area contributed by atoms with Gasteiger partial charge in [-0.25, -0.2) is 0 Å². The third-order valence-corrected chi connectivity index (χ3v) is 1.88. The van der Waals surface area contributed by atoms with Crippen LogP contribution in [0.1, 0.15) is 20.3 Å². The van der Waals surface area contributed by atoms with Crippen molar-refractivity contribution in [1.29, 1.82) is 5.26 Å². The fourth-order valence-electron chi connectivity index (χ4n) is 0.451. The summed E-state index contributed by atoms with van der Waals surface area (Å²) in [5.41, 5.74) is 0.703. The van der Waals surface area contributed by atoms with Crippen LogP contribution in [-0.2, 0) is 0 Å². The zero-order valence-corrected chi connectivity index (χ0v) is 7.77. The number of allylic oxidation sites excluding steroid dienone is 4. The van der Waals surface area contributed by atoms with Crippen molar-refractivity contribution in [3.63, 3.8) is 0 Å². The Labute approximate surface area is 70.2 Å². The summed E-state index contributed by atoms with van der Waals surface area (Å²) in [5, 5.41) is 8.49. The zero-order valence-electron chi connectivity index (χ0n) is 6.19. The van der Waals surface area contributed by atoms with Crippen molar-refractivity contribution in [1.82, 2.24) is 0 Å². The highest BCUT2D eigenvalue weighted by Crippen LogP contribution is 2.12. The highest BCUT2D eigenvalue weighted by molar-refractivity contribution is 9.11. The summed E-state index contributed by atoms with van der Waals surface area (Å²) in [5.74, 6) is 0. The molecule has 0 aliphatic heterocycles. The van der Waals surface area contributed by atoms with Crippen molar-refractivity contribution in [2.24, 2.45) is 0 Å². The van der Waals surface area contributed by atoms with Crippen molar-refractivity contribution in [3.8, 4) is 6.07 Å². The second-order valence-electron chi connectivity index (χ2n) is 1.80. The molecule has 0 rings (SSSR count). The predicted molar refractivity (Wildman–Crippen MR) is 46.7 cm³/mol. The van der Waals surface area contributed by atoms with E-state index in [1.807, 2.05) is 19.9 Å². The van der Waals surface area contributed by atoms with Crippen molar-refractivity contribution >= 4 is 15.9 Å². The fourth-order valence-corrected chi connectivity index (χ4v) is 0.698. The Morgan fingerprint density at radius 1 is 1.70 bits per heavy atom. The maximum atomic E-state index is 8.49. The zero-order chi connectivity index (χ0) is 7.98. The summed E-state index contributed by atoms with van der Waals surface area (Å²) < 4.78 is 1.06. The number of nitriles is 1. The van der Waals surface area contributed by atoms with Crippen LogP contribution in [0.5, 0.6) is 0 Å².